The molecule has 0 saturated carbocycles. The van der Waals surface area contributed by atoms with Crippen LogP contribution in [0.25, 0.3) is 11.1 Å². The minimum absolute atomic E-state index is 0.125. The largest absolute Gasteiger partial charge is 0.478 e. The number of carboxylic acid groups (broad SMARTS) is 2. The molecular weight excluding hydrogens is 382 g/mol. The third kappa shape index (κ3) is 4.39. The second kappa shape index (κ2) is 6.93. The third-order valence-electron chi connectivity index (χ3n) is 3.71. The molecule has 0 aliphatic rings. The number of carboxylic acids is 2. The molecule has 2 aromatic carbocycles. The maximum absolute atomic E-state index is 12.7. The van der Waals surface area contributed by atoms with Crippen molar-refractivity contribution in [3.8, 4) is 11.1 Å². The average Bonchev–Trinajstić information content (AvgIpc) is 2.52. The van der Waals surface area contributed by atoms with Crippen molar-refractivity contribution in [2.45, 2.75) is 18.3 Å². The first kappa shape index (κ1) is 20.3. The minimum Gasteiger partial charge on any atom is -0.478 e. The van der Waals surface area contributed by atoms with Gasteiger partial charge in [0.1, 0.15) is 0 Å². The summed E-state index contributed by atoms with van der Waals surface area (Å²) in [5, 5.41) is 18.0. The molecule has 2 rings (SSSR count). The van der Waals surface area contributed by atoms with Crippen LogP contribution in [0.2, 0.25) is 0 Å². The number of benzene rings is 2. The smallest absolute Gasteiger partial charge is 0.404 e. The Bertz CT molecular complexity index is 854. The van der Waals surface area contributed by atoms with Crippen LogP contribution in [0.1, 0.15) is 32.2 Å². The summed E-state index contributed by atoms with van der Waals surface area (Å²) >= 11 is 0. The van der Waals surface area contributed by atoms with Crippen molar-refractivity contribution in [3.05, 3.63) is 59.2 Å². The quantitative estimate of drug-likeness (QED) is 0.722. The topological polar surface area (TPSA) is 74.6 Å². The Hall–Kier alpha value is -3.04. The van der Waals surface area contributed by atoms with E-state index in [-0.39, 0.29) is 11.1 Å². The highest BCUT2D eigenvalue weighted by molar-refractivity contribution is 6.02. The zero-order chi connectivity index (χ0) is 20.6. The lowest BCUT2D eigenvalue weighted by atomic mass is 9.94. The molecule has 0 bridgehead atoms. The van der Waals surface area contributed by atoms with Crippen molar-refractivity contribution < 1.29 is 46.1 Å². The zero-order valence-corrected chi connectivity index (χ0v) is 13.1. The van der Waals surface area contributed by atoms with E-state index < -0.39 is 46.9 Å². The molecule has 0 saturated heterocycles. The van der Waals surface area contributed by atoms with E-state index in [0.29, 0.717) is 12.1 Å². The van der Waals surface area contributed by atoms with E-state index in [1.165, 1.54) is 6.07 Å². The van der Waals surface area contributed by atoms with E-state index in [4.69, 9.17) is 10.2 Å². The molecule has 4 nitrogen and oxygen atoms in total. The Morgan fingerprint density at radius 2 is 1.15 bits per heavy atom. The molecule has 0 aliphatic carbocycles. The summed E-state index contributed by atoms with van der Waals surface area (Å²) in [6.07, 6.45) is -11.1. The fourth-order valence-electron chi connectivity index (χ4n) is 2.52. The number of aromatic carboxylic acids is 2. The molecule has 0 unspecified atom stereocenters. The van der Waals surface area contributed by atoms with Crippen LogP contribution in [0.4, 0.5) is 26.3 Å². The van der Waals surface area contributed by atoms with Crippen molar-refractivity contribution in [3.63, 3.8) is 0 Å². The van der Waals surface area contributed by atoms with Crippen LogP contribution in [-0.4, -0.2) is 34.5 Å². The highest BCUT2D eigenvalue weighted by atomic mass is 19.4. The summed E-state index contributed by atoms with van der Waals surface area (Å²) in [4.78, 5) is 22.2. The first-order valence-corrected chi connectivity index (χ1v) is 7.16. The number of hydrogen-bond acceptors (Lipinski definition) is 2. The number of hydrogen-bond donors (Lipinski definition) is 2. The van der Waals surface area contributed by atoms with Crippen molar-refractivity contribution in [2.75, 3.05) is 0 Å². The molecule has 0 amide bonds. The van der Waals surface area contributed by atoms with Gasteiger partial charge >= 0.3 is 24.3 Å². The Kier molecular flexibility index (Phi) is 5.21. The van der Waals surface area contributed by atoms with E-state index >= 15 is 0 Å². The summed E-state index contributed by atoms with van der Waals surface area (Å²) in [5.41, 5.74) is -1.83. The molecular formula is C17H10F6O4. The molecule has 2 N–H and O–H groups in total. The van der Waals surface area contributed by atoms with Gasteiger partial charge in [0, 0.05) is 0 Å². The van der Waals surface area contributed by atoms with Gasteiger partial charge in [-0.2, -0.15) is 26.3 Å². The van der Waals surface area contributed by atoms with Crippen LogP contribution in [0, 0.1) is 0 Å². The lowest BCUT2D eigenvalue weighted by Gasteiger charge is -2.23. The van der Waals surface area contributed by atoms with Crippen LogP contribution in [0.3, 0.4) is 0 Å². The summed E-state index contributed by atoms with van der Waals surface area (Å²) in [6.45, 7) is 0. The summed E-state index contributed by atoms with van der Waals surface area (Å²) in [6, 6.07) is 6.41. The molecule has 10 heteroatoms. The van der Waals surface area contributed by atoms with Gasteiger partial charge in [-0.3, -0.25) is 0 Å². The minimum atomic E-state index is -5.53. The van der Waals surface area contributed by atoms with Gasteiger partial charge in [-0.05, 0) is 28.8 Å². The summed E-state index contributed by atoms with van der Waals surface area (Å²) in [5.74, 6) is -6.68. The lowest BCUT2D eigenvalue weighted by Crippen LogP contribution is -2.34. The summed E-state index contributed by atoms with van der Waals surface area (Å²) < 4.78 is 76.5. The average molecular weight is 392 g/mol. The molecule has 0 atom stereocenters. The van der Waals surface area contributed by atoms with Gasteiger partial charge in [0.05, 0.1) is 11.1 Å². The Morgan fingerprint density at radius 1 is 0.704 bits per heavy atom. The monoisotopic (exact) mass is 392 g/mol. The van der Waals surface area contributed by atoms with Gasteiger partial charge in [0.25, 0.3) is 0 Å². The van der Waals surface area contributed by atoms with Crippen molar-refractivity contribution >= 4 is 11.9 Å². The van der Waals surface area contributed by atoms with E-state index in [2.05, 4.69) is 0 Å². The van der Waals surface area contributed by atoms with Gasteiger partial charge < -0.3 is 10.2 Å². The van der Waals surface area contributed by atoms with E-state index in [1.54, 1.807) is 0 Å². The molecule has 0 aromatic heterocycles. The number of halogens is 6. The van der Waals surface area contributed by atoms with E-state index in [1.807, 2.05) is 0 Å². The number of rotatable bonds is 4. The van der Waals surface area contributed by atoms with Crippen LogP contribution < -0.4 is 0 Å². The first-order chi connectivity index (χ1) is 12.3. The molecule has 144 valence electrons. The zero-order valence-electron chi connectivity index (χ0n) is 13.1. The van der Waals surface area contributed by atoms with Gasteiger partial charge in [0.15, 0.2) is 5.92 Å². The van der Waals surface area contributed by atoms with Crippen molar-refractivity contribution in [2.24, 2.45) is 0 Å². The van der Waals surface area contributed by atoms with Gasteiger partial charge in [-0.15, -0.1) is 0 Å². The fourth-order valence-corrected chi connectivity index (χ4v) is 2.52. The Balaban J connectivity index is 2.47. The molecule has 0 heterocycles. The van der Waals surface area contributed by atoms with Crippen LogP contribution >= 0.6 is 0 Å². The maximum Gasteiger partial charge on any atom is 0.404 e. The highest BCUT2D eigenvalue weighted by Crippen LogP contribution is 2.46. The molecule has 0 spiro atoms. The van der Waals surface area contributed by atoms with Gasteiger partial charge in [0.2, 0.25) is 0 Å². The van der Waals surface area contributed by atoms with Crippen LogP contribution in [0.5, 0.6) is 0 Å². The van der Waals surface area contributed by atoms with Gasteiger partial charge in [-0.1, -0.05) is 30.3 Å². The van der Waals surface area contributed by atoms with Crippen molar-refractivity contribution in [1.82, 2.24) is 0 Å². The second-order valence-corrected chi connectivity index (χ2v) is 5.51. The fraction of sp³-hybridized carbons (Fsp3) is 0.176. The number of alkyl halides is 6. The maximum atomic E-state index is 12.7. The van der Waals surface area contributed by atoms with E-state index in [9.17, 15) is 35.9 Å². The Morgan fingerprint density at radius 3 is 1.56 bits per heavy atom. The lowest BCUT2D eigenvalue weighted by molar-refractivity contribution is -0.253. The molecule has 27 heavy (non-hydrogen) atoms. The molecule has 0 aliphatic heterocycles. The summed E-state index contributed by atoms with van der Waals surface area (Å²) in [7, 11) is 0. The van der Waals surface area contributed by atoms with Crippen LogP contribution in [0.15, 0.2) is 42.5 Å². The first-order valence-electron chi connectivity index (χ1n) is 7.16. The standard InChI is InChI=1S/C17H10F6O4/c18-16(19,20)13(17(21,22)23)9-3-1-8(2-4-9)10-5-6-11(14(24)25)12(7-10)15(26)27/h1-7,13H,(H,24,25)(H,26,27). The third-order valence-corrected chi connectivity index (χ3v) is 3.71. The van der Waals surface area contributed by atoms with Crippen molar-refractivity contribution in [1.29, 1.82) is 0 Å². The molecule has 0 radical (unpaired) electrons. The highest BCUT2D eigenvalue weighted by Gasteiger charge is 2.57. The predicted octanol–water partition coefficient (Wildman–Crippen LogP) is 4.96. The van der Waals surface area contributed by atoms with Crippen LogP contribution in [-0.2, 0) is 0 Å². The molecule has 0 fully saturated rings. The molecule has 2 aromatic rings. The Labute approximate surface area is 147 Å². The number of carbonyl (C=O) groups is 2. The normalized spacial score (nSPS) is 12.3. The second-order valence-electron chi connectivity index (χ2n) is 5.51. The van der Waals surface area contributed by atoms with Gasteiger partial charge in [-0.25, -0.2) is 9.59 Å². The predicted molar refractivity (Wildman–Crippen MR) is 80.6 cm³/mol. The SMILES string of the molecule is O=C(O)c1ccc(-c2ccc(C(C(F)(F)F)C(F)(F)F)cc2)cc1C(=O)O. The van der Waals surface area contributed by atoms with E-state index in [0.717, 1.165) is 24.3 Å².